The van der Waals surface area contributed by atoms with Crippen molar-refractivity contribution in [3.63, 3.8) is 0 Å². The zero-order valence-electron chi connectivity index (χ0n) is 18.4. The molecule has 0 saturated heterocycles. The molecule has 4 aromatic rings. The van der Waals surface area contributed by atoms with Crippen molar-refractivity contribution in [3.05, 3.63) is 103 Å². The number of amides is 2. The molecule has 1 aromatic heterocycles. The molecular weight excluding hydrogens is 450 g/mol. The molecule has 3 aromatic carbocycles. The number of hydrogen-bond donors (Lipinski definition) is 2. The largest absolute Gasteiger partial charge is 0.497 e. The van der Waals surface area contributed by atoms with Gasteiger partial charge >= 0.3 is 6.03 Å². The van der Waals surface area contributed by atoms with E-state index in [1.807, 2.05) is 24.3 Å². The minimum atomic E-state index is -3.79. The lowest BCUT2D eigenvalue weighted by Crippen LogP contribution is -2.28. The third-order valence-corrected chi connectivity index (χ3v) is 7.03. The number of hydrogen-bond acceptors (Lipinski definition) is 5. The highest BCUT2D eigenvalue weighted by Gasteiger charge is 2.22. The van der Waals surface area contributed by atoms with Crippen LogP contribution in [0.25, 0.3) is 11.1 Å². The van der Waals surface area contributed by atoms with Gasteiger partial charge in [-0.15, -0.1) is 0 Å². The first kappa shape index (κ1) is 23.0. The van der Waals surface area contributed by atoms with E-state index in [0.29, 0.717) is 23.5 Å². The van der Waals surface area contributed by atoms with E-state index in [1.165, 1.54) is 12.1 Å². The zero-order valence-corrected chi connectivity index (χ0v) is 19.2. The van der Waals surface area contributed by atoms with E-state index in [9.17, 15) is 13.2 Å². The Kier molecular flexibility index (Phi) is 6.89. The van der Waals surface area contributed by atoms with Crippen LogP contribution in [0.4, 0.5) is 10.5 Å². The molecule has 0 radical (unpaired) electrons. The van der Waals surface area contributed by atoms with Crippen molar-refractivity contribution in [3.8, 4) is 16.9 Å². The Hall–Kier alpha value is -4.17. The Morgan fingerprint density at radius 1 is 0.882 bits per heavy atom. The maximum absolute atomic E-state index is 13.4. The van der Waals surface area contributed by atoms with Crippen LogP contribution in [0.15, 0.2) is 107 Å². The van der Waals surface area contributed by atoms with Gasteiger partial charge in [0.05, 0.1) is 16.9 Å². The minimum Gasteiger partial charge on any atom is -0.497 e. The van der Waals surface area contributed by atoms with Crippen LogP contribution in [0, 0.1) is 0 Å². The Labute approximate surface area is 198 Å². The molecule has 8 heteroatoms. The molecule has 0 unspecified atom stereocenters. The van der Waals surface area contributed by atoms with Crippen LogP contribution in [0.1, 0.15) is 5.56 Å². The van der Waals surface area contributed by atoms with Crippen molar-refractivity contribution in [2.45, 2.75) is 16.3 Å². The Morgan fingerprint density at radius 2 is 1.56 bits per heavy atom. The third kappa shape index (κ3) is 5.24. The van der Waals surface area contributed by atoms with Crippen LogP contribution in [-0.2, 0) is 16.4 Å². The summed E-state index contributed by atoms with van der Waals surface area (Å²) in [6.45, 7) is 0.350. The van der Waals surface area contributed by atoms with Crippen molar-refractivity contribution in [2.75, 3.05) is 12.4 Å². The second kappa shape index (κ2) is 10.2. The van der Waals surface area contributed by atoms with Gasteiger partial charge in [0.25, 0.3) is 0 Å². The fourth-order valence-corrected chi connectivity index (χ4v) is 4.89. The number of pyridine rings is 1. The number of rotatable bonds is 7. The lowest BCUT2D eigenvalue weighted by Gasteiger charge is -2.12. The number of nitrogens with zero attached hydrogens (tertiary/aromatic N) is 1. The molecule has 1 heterocycles. The highest BCUT2D eigenvalue weighted by atomic mass is 32.2. The number of nitrogens with one attached hydrogen (secondary N) is 2. The van der Waals surface area contributed by atoms with E-state index in [1.54, 1.807) is 68.0 Å². The first-order chi connectivity index (χ1) is 16.5. The van der Waals surface area contributed by atoms with Crippen LogP contribution < -0.4 is 15.4 Å². The first-order valence-corrected chi connectivity index (χ1v) is 12.0. The topological polar surface area (TPSA) is 97.4 Å². The normalized spacial score (nSPS) is 11.0. The number of aromatic nitrogens is 1. The number of methoxy groups -OCH3 is 1. The Bertz CT molecular complexity index is 1370. The number of urea groups is 1. The fourth-order valence-electron chi connectivity index (χ4n) is 3.41. The third-order valence-electron chi connectivity index (χ3n) is 5.20. The van der Waals surface area contributed by atoms with Crippen LogP contribution in [0.3, 0.4) is 0 Å². The van der Waals surface area contributed by atoms with E-state index in [0.717, 1.165) is 11.1 Å². The van der Waals surface area contributed by atoms with Crippen molar-refractivity contribution < 1.29 is 17.9 Å². The molecule has 34 heavy (non-hydrogen) atoms. The Morgan fingerprint density at radius 3 is 2.24 bits per heavy atom. The first-order valence-electron chi connectivity index (χ1n) is 10.5. The summed E-state index contributed by atoms with van der Waals surface area (Å²) in [5.41, 5.74) is 2.77. The molecule has 0 aliphatic rings. The van der Waals surface area contributed by atoms with Gasteiger partial charge in [0, 0.05) is 30.2 Å². The molecule has 2 amide bonds. The number of anilines is 1. The minimum absolute atomic E-state index is 0.135. The number of carbonyl (C=O) groups is 1. The summed E-state index contributed by atoms with van der Waals surface area (Å²) < 4.78 is 32.0. The van der Waals surface area contributed by atoms with E-state index in [4.69, 9.17) is 4.74 Å². The highest BCUT2D eigenvalue weighted by Crippen LogP contribution is 2.32. The van der Waals surface area contributed by atoms with Crippen molar-refractivity contribution >= 4 is 21.6 Å². The maximum Gasteiger partial charge on any atom is 0.319 e. The number of carbonyl (C=O) groups excluding carboxylic acids is 1. The molecule has 7 nitrogen and oxygen atoms in total. The summed E-state index contributed by atoms with van der Waals surface area (Å²) in [7, 11) is -2.21. The van der Waals surface area contributed by atoms with Crippen molar-refractivity contribution in [1.29, 1.82) is 0 Å². The second-order valence-electron chi connectivity index (χ2n) is 7.42. The average Bonchev–Trinajstić information content (AvgIpc) is 2.88. The van der Waals surface area contributed by atoms with Gasteiger partial charge in [-0.3, -0.25) is 4.98 Å². The van der Waals surface area contributed by atoms with E-state index < -0.39 is 15.9 Å². The lowest BCUT2D eigenvalue weighted by atomic mass is 10.1. The Balaban J connectivity index is 1.51. The number of sulfone groups is 1. The molecule has 0 bridgehead atoms. The SMILES string of the molecule is COc1ccc(-c2ccccc2S(=O)(=O)c2ccc(NC(=O)NCc3ccncc3)cc2)cc1. The zero-order chi connectivity index (χ0) is 24.0. The van der Waals surface area contributed by atoms with E-state index >= 15 is 0 Å². The number of ether oxygens (including phenoxy) is 1. The molecule has 0 aliphatic carbocycles. The standard InChI is InChI=1S/C26H23N3O4S/c1-33-22-10-6-20(7-11-22)24-4-2-3-5-25(24)34(31,32)23-12-8-21(9-13-23)29-26(30)28-18-19-14-16-27-17-15-19/h2-17H,18H2,1H3,(H2,28,29,30). The molecule has 0 spiro atoms. The smallest absolute Gasteiger partial charge is 0.319 e. The second-order valence-corrected chi connectivity index (χ2v) is 9.33. The van der Waals surface area contributed by atoms with Gasteiger partial charge in [-0.25, -0.2) is 13.2 Å². The van der Waals surface area contributed by atoms with Crippen molar-refractivity contribution in [2.24, 2.45) is 0 Å². The summed E-state index contributed by atoms with van der Waals surface area (Å²) in [4.78, 5) is 16.4. The fraction of sp³-hybridized carbons (Fsp3) is 0.0769. The summed E-state index contributed by atoms with van der Waals surface area (Å²) in [6, 6.07) is 23.4. The van der Waals surface area contributed by atoms with Crippen molar-refractivity contribution in [1.82, 2.24) is 10.3 Å². The van der Waals surface area contributed by atoms with E-state index in [-0.39, 0.29) is 9.79 Å². The van der Waals surface area contributed by atoms with Crippen LogP contribution in [0.2, 0.25) is 0 Å². The molecular formula is C26H23N3O4S. The van der Waals surface area contributed by atoms with Crippen LogP contribution in [0.5, 0.6) is 5.75 Å². The van der Waals surface area contributed by atoms with Gasteiger partial charge < -0.3 is 15.4 Å². The van der Waals surface area contributed by atoms with Gasteiger partial charge in [0.2, 0.25) is 9.84 Å². The summed E-state index contributed by atoms with van der Waals surface area (Å²) in [6.07, 6.45) is 3.31. The van der Waals surface area contributed by atoms with Crippen LogP contribution >= 0.6 is 0 Å². The van der Waals surface area contributed by atoms with Gasteiger partial charge in [-0.05, 0) is 65.7 Å². The molecule has 4 rings (SSSR count). The van der Waals surface area contributed by atoms with Gasteiger partial charge in [-0.1, -0.05) is 30.3 Å². The molecule has 0 saturated carbocycles. The average molecular weight is 474 g/mol. The summed E-state index contributed by atoms with van der Waals surface area (Å²) in [5, 5.41) is 5.45. The predicted molar refractivity (Wildman–Crippen MR) is 130 cm³/mol. The molecule has 2 N–H and O–H groups in total. The highest BCUT2D eigenvalue weighted by molar-refractivity contribution is 7.91. The number of benzene rings is 3. The molecule has 0 aliphatic heterocycles. The van der Waals surface area contributed by atoms with Gasteiger partial charge in [0.15, 0.2) is 0 Å². The van der Waals surface area contributed by atoms with Crippen LogP contribution in [-0.4, -0.2) is 26.5 Å². The van der Waals surface area contributed by atoms with E-state index in [2.05, 4.69) is 15.6 Å². The molecule has 0 atom stereocenters. The molecule has 0 fully saturated rings. The summed E-state index contributed by atoms with van der Waals surface area (Å²) in [5.74, 6) is 0.692. The molecule has 172 valence electrons. The lowest BCUT2D eigenvalue weighted by molar-refractivity contribution is 0.251. The maximum atomic E-state index is 13.4. The quantitative estimate of drug-likeness (QED) is 0.397. The van der Waals surface area contributed by atoms with Gasteiger partial charge in [0.1, 0.15) is 5.75 Å². The summed E-state index contributed by atoms with van der Waals surface area (Å²) >= 11 is 0. The predicted octanol–water partition coefficient (Wildman–Crippen LogP) is 4.91. The monoisotopic (exact) mass is 473 g/mol. The van der Waals surface area contributed by atoms with Gasteiger partial charge in [-0.2, -0.15) is 0 Å².